The van der Waals surface area contributed by atoms with E-state index in [4.69, 9.17) is 16.3 Å². The van der Waals surface area contributed by atoms with E-state index in [9.17, 15) is 19.6 Å². The van der Waals surface area contributed by atoms with Gasteiger partial charge in [-0.3, -0.25) is 19.3 Å². The SMILES string of the molecule is CC(C)(C#N)[C@H]1CC[C@@H](c2cccc(Cl)c2)N1C(=O)[C@@H](COCc1ccccc1)N1C(=O)c2ccccc2C1=O. The van der Waals surface area contributed by atoms with Crippen LogP contribution in [0, 0.1) is 16.7 Å². The minimum atomic E-state index is -1.21. The fraction of sp³-hybridized carbons (Fsp3) is 0.312. The van der Waals surface area contributed by atoms with Gasteiger partial charge in [0.15, 0.2) is 0 Å². The third kappa shape index (κ3) is 5.13. The molecule has 3 atom stereocenters. The predicted octanol–water partition coefficient (Wildman–Crippen LogP) is 5.80. The number of carbonyl (C=O) groups is 3. The third-order valence-corrected chi connectivity index (χ3v) is 8.04. The third-order valence-electron chi connectivity index (χ3n) is 7.80. The van der Waals surface area contributed by atoms with Crippen molar-refractivity contribution in [3.05, 3.63) is 106 Å². The maximum Gasteiger partial charge on any atom is 0.262 e. The molecule has 8 heteroatoms. The van der Waals surface area contributed by atoms with Crippen LogP contribution in [0.25, 0.3) is 0 Å². The second-order valence-corrected chi connectivity index (χ2v) is 11.2. The van der Waals surface area contributed by atoms with Crippen molar-refractivity contribution < 1.29 is 19.1 Å². The first-order chi connectivity index (χ1) is 19.2. The highest BCUT2D eigenvalue weighted by Crippen LogP contribution is 2.44. The Morgan fingerprint density at radius 3 is 2.27 bits per heavy atom. The second kappa shape index (κ2) is 11.2. The zero-order valence-electron chi connectivity index (χ0n) is 22.4. The Morgan fingerprint density at radius 1 is 1.00 bits per heavy atom. The quantitative estimate of drug-likeness (QED) is 0.327. The molecule has 3 amide bonds. The fourth-order valence-electron chi connectivity index (χ4n) is 5.72. The van der Waals surface area contributed by atoms with Crippen LogP contribution in [-0.2, 0) is 16.1 Å². The molecular weight excluding hydrogens is 526 g/mol. The number of halogens is 1. The molecule has 1 saturated heterocycles. The van der Waals surface area contributed by atoms with E-state index in [1.54, 1.807) is 49.1 Å². The van der Waals surface area contributed by atoms with Crippen LogP contribution in [0.3, 0.4) is 0 Å². The van der Waals surface area contributed by atoms with Gasteiger partial charge in [0.1, 0.15) is 6.04 Å². The number of carbonyl (C=O) groups excluding carboxylic acids is 3. The molecule has 2 aliphatic heterocycles. The molecule has 1 fully saturated rings. The van der Waals surface area contributed by atoms with Gasteiger partial charge in [-0.2, -0.15) is 5.26 Å². The number of fused-ring (bicyclic) bond motifs is 1. The molecule has 2 aliphatic rings. The molecule has 0 unspecified atom stereocenters. The van der Waals surface area contributed by atoms with Gasteiger partial charge in [0, 0.05) is 5.02 Å². The number of hydrogen-bond donors (Lipinski definition) is 0. The van der Waals surface area contributed by atoms with Crippen LogP contribution < -0.4 is 0 Å². The average molecular weight is 556 g/mol. The van der Waals surface area contributed by atoms with Crippen molar-refractivity contribution in [1.82, 2.24) is 9.80 Å². The van der Waals surface area contributed by atoms with Gasteiger partial charge in [0.25, 0.3) is 11.8 Å². The Bertz CT molecular complexity index is 1450. The zero-order valence-corrected chi connectivity index (χ0v) is 23.2. The van der Waals surface area contributed by atoms with Gasteiger partial charge in [0.2, 0.25) is 5.91 Å². The van der Waals surface area contributed by atoms with E-state index in [0.29, 0.717) is 17.9 Å². The van der Waals surface area contributed by atoms with E-state index in [1.807, 2.05) is 48.5 Å². The molecule has 0 N–H and O–H groups in total. The van der Waals surface area contributed by atoms with Gasteiger partial charge in [-0.05, 0) is 62.1 Å². The highest BCUT2D eigenvalue weighted by Gasteiger charge is 2.51. The molecule has 2 heterocycles. The highest BCUT2D eigenvalue weighted by molar-refractivity contribution is 6.30. The van der Waals surface area contributed by atoms with Crippen LogP contribution in [0.15, 0.2) is 78.9 Å². The topological polar surface area (TPSA) is 90.7 Å². The summed E-state index contributed by atoms with van der Waals surface area (Å²) < 4.78 is 6.00. The number of likely N-dealkylation sites (tertiary alicyclic amines) is 1. The lowest BCUT2D eigenvalue weighted by atomic mass is 9.84. The Balaban J connectivity index is 1.53. The van der Waals surface area contributed by atoms with Gasteiger partial charge in [-0.25, -0.2) is 0 Å². The molecule has 0 aromatic heterocycles. The molecule has 0 bridgehead atoms. The lowest BCUT2D eigenvalue weighted by Gasteiger charge is -2.39. The van der Waals surface area contributed by atoms with Crippen molar-refractivity contribution in [3.8, 4) is 6.07 Å². The van der Waals surface area contributed by atoms with Crippen LogP contribution in [0.5, 0.6) is 0 Å². The molecule has 0 radical (unpaired) electrons. The van der Waals surface area contributed by atoms with Gasteiger partial charge in [-0.1, -0.05) is 66.2 Å². The molecule has 0 spiro atoms. The number of rotatable bonds is 8. The lowest BCUT2D eigenvalue weighted by molar-refractivity contribution is -0.142. The van der Waals surface area contributed by atoms with E-state index < -0.39 is 35.2 Å². The number of hydrogen-bond acceptors (Lipinski definition) is 5. The van der Waals surface area contributed by atoms with Crippen LogP contribution in [0.1, 0.15) is 64.6 Å². The van der Waals surface area contributed by atoms with Gasteiger partial charge in [-0.15, -0.1) is 0 Å². The summed E-state index contributed by atoms with van der Waals surface area (Å²) in [7, 11) is 0. The molecule has 204 valence electrons. The first kappa shape index (κ1) is 27.6. The molecule has 3 aromatic carbocycles. The normalized spacial score (nSPS) is 19.4. The average Bonchev–Trinajstić information content (AvgIpc) is 3.52. The zero-order chi connectivity index (χ0) is 28.4. The predicted molar refractivity (Wildman–Crippen MR) is 150 cm³/mol. The van der Waals surface area contributed by atoms with Crippen molar-refractivity contribution in [2.75, 3.05) is 6.61 Å². The van der Waals surface area contributed by atoms with E-state index in [1.165, 1.54) is 0 Å². The molecular formula is C32H30ClN3O4. The number of nitrogens with zero attached hydrogens (tertiary/aromatic N) is 3. The fourth-order valence-corrected chi connectivity index (χ4v) is 5.92. The first-order valence-corrected chi connectivity index (χ1v) is 13.7. The molecule has 3 aromatic rings. The molecule has 0 saturated carbocycles. The standard InChI is InChI=1S/C32H30ClN3O4/c1-32(2,20-34)28-16-15-26(22-11-8-12-23(33)17-22)35(28)31(39)27(19-40-18-21-9-4-3-5-10-21)36-29(37)24-13-6-7-14-25(24)30(36)38/h3-14,17,26-28H,15-16,18-19H2,1-2H3/t26-,27+,28+/m0/s1. The maximum absolute atomic E-state index is 14.6. The van der Waals surface area contributed by atoms with Crippen LogP contribution in [-0.4, -0.2) is 46.2 Å². The van der Waals surface area contributed by atoms with Crippen molar-refractivity contribution in [2.24, 2.45) is 5.41 Å². The summed E-state index contributed by atoms with van der Waals surface area (Å²) in [4.78, 5) is 44.4. The lowest BCUT2D eigenvalue weighted by Crippen LogP contribution is -2.56. The van der Waals surface area contributed by atoms with E-state index in [0.717, 1.165) is 16.0 Å². The largest absolute Gasteiger partial charge is 0.374 e. The van der Waals surface area contributed by atoms with Crippen molar-refractivity contribution >= 4 is 29.3 Å². The summed E-state index contributed by atoms with van der Waals surface area (Å²) in [6.07, 6.45) is 1.20. The number of benzene rings is 3. The monoisotopic (exact) mass is 555 g/mol. The Labute approximate surface area is 238 Å². The molecule has 7 nitrogen and oxygen atoms in total. The molecule has 5 rings (SSSR count). The van der Waals surface area contributed by atoms with E-state index in [-0.39, 0.29) is 30.4 Å². The summed E-state index contributed by atoms with van der Waals surface area (Å²) in [5.41, 5.74) is 1.38. The summed E-state index contributed by atoms with van der Waals surface area (Å²) in [5.74, 6) is -1.49. The number of imide groups is 1. The van der Waals surface area contributed by atoms with E-state index >= 15 is 0 Å². The Morgan fingerprint density at radius 2 is 1.65 bits per heavy atom. The number of amides is 3. The minimum absolute atomic E-state index is 0.183. The van der Waals surface area contributed by atoms with E-state index in [2.05, 4.69) is 6.07 Å². The summed E-state index contributed by atoms with van der Waals surface area (Å²) in [6.45, 7) is 3.64. The van der Waals surface area contributed by atoms with Crippen LogP contribution in [0.2, 0.25) is 5.02 Å². The summed E-state index contributed by atoms with van der Waals surface area (Å²) >= 11 is 6.31. The van der Waals surface area contributed by atoms with Gasteiger partial charge in [0.05, 0.1) is 47.9 Å². The number of ether oxygens (including phenoxy) is 1. The number of nitriles is 1. The smallest absolute Gasteiger partial charge is 0.262 e. The molecule has 0 aliphatic carbocycles. The van der Waals surface area contributed by atoms with Crippen molar-refractivity contribution in [1.29, 1.82) is 5.26 Å². The van der Waals surface area contributed by atoms with Crippen LogP contribution in [0.4, 0.5) is 0 Å². The summed E-state index contributed by atoms with van der Waals surface area (Å²) in [6, 6.07) is 23.7. The second-order valence-electron chi connectivity index (χ2n) is 10.8. The Kier molecular flexibility index (Phi) is 7.75. The van der Waals surface area contributed by atoms with Crippen molar-refractivity contribution in [3.63, 3.8) is 0 Å². The first-order valence-electron chi connectivity index (χ1n) is 13.3. The minimum Gasteiger partial charge on any atom is -0.374 e. The highest BCUT2D eigenvalue weighted by atomic mass is 35.5. The van der Waals surface area contributed by atoms with Crippen LogP contribution >= 0.6 is 11.6 Å². The maximum atomic E-state index is 14.6. The van der Waals surface area contributed by atoms with Gasteiger partial charge < -0.3 is 9.64 Å². The summed E-state index contributed by atoms with van der Waals surface area (Å²) in [5, 5.41) is 10.6. The Hall–Kier alpha value is -3.99. The molecule has 40 heavy (non-hydrogen) atoms. The van der Waals surface area contributed by atoms with Crippen molar-refractivity contribution in [2.45, 2.75) is 51.4 Å². The van der Waals surface area contributed by atoms with Gasteiger partial charge >= 0.3 is 0 Å².